The Labute approximate surface area is 207 Å². The van der Waals surface area contributed by atoms with E-state index in [0.29, 0.717) is 27.7 Å². The molecule has 0 amide bonds. The van der Waals surface area contributed by atoms with Gasteiger partial charge in [-0.25, -0.2) is 4.98 Å². The summed E-state index contributed by atoms with van der Waals surface area (Å²) >= 11 is 6.11. The number of hydrogen-bond donors (Lipinski definition) is 5. The number of fused-ring (bicyclic) bond motifs is 1. The Kier molecular flexibility index (Phi) is 8.60. The summed E-state index contributed by atoms with van der Waals surface area (Å²) in [7, 11) is -9.23. The molecular weight excluding hydrogens is 518 g/mol. The molecule has 1 aromatic carbocycles. The van der Waals surface area contributed by atoms with Gasteiger partial charge in [-0.05, 0) is 38.0 Å². The topological polar surface area (TPSA) is 172 Å². The molecule has 2 heterocycles. The number of hydrogen-bond acceptors (Lipinski definition) is 8. The second kappa shape index (κ2) is 10.9. The van der Waals surface area contributed by atoms with Gasteiger partial charge in [0.05, 0.1) is 19.0 Å². The molecule has 0 aliphatic rings. The van der Waals surface area contributed by atoms with Crippen LogP contribution in [0.25, 0.3) is 11.2 Å². The van der Waals surface area contributed by atoms with E-state index in [4.69, 9.17) is 25.9 Å². The summed E-state index contributed by atoms with van der Waals surface area (Å²) in [6.07, 6.45) is 1.67. The Morgan fingerprint density at radius 3 is 2.46 bits per heavy atom. The zero-order valence-corrected chi connectivity index (χ0v) is 22.2. The minimum Gasteiger partial charge on any atom is -0.349 e. The van der Waals surface area contributed by atoms with Crippen LogP contribution >= 0.6 is 26.8 Å². The van der Waals surface area contributed by atoms with Crippen molar-refractivity contribution < 1.29 is 28.3 Å². The molecule has 2 aromatic heterocycles. The third-order valence-electron chi connectivity index (χ3n) is 5.00. The Balaban J connectivity index is 1.93. The van der Waals surface area contributed by atoms with Crippen molar-refractivity contribution in [2.24, 2.45) is 5.92 Å². The minimum atomic E-state index is -4.73. The smallest absolute Gasteiger partial charge is 0.340 e. The fourth-order valence-corrected chi connectivity index (χ4v) is 5.96. The molecule has 0 radical (unpaired) electrons. The molecular formula is C20H29ClN6O6P2. The standard InChI is InChI=1S/C20H29ClN6O6P2/c1-12(2)16(9-33-35(31,32)11-34(28,29)30)24-20-25-18(23-15-7-5-6-14(21)8-15)17-19(26-20)27(10-22-17)13(3)4/h5-8,10,12-13,16H,9,11H2,1-4H3,(H,31,32)(H2,28,29,30)(H2,23,24,25,26). The van der Waals surface area contributed by atoms with Crippen molar-refractivity contribution in [3.63, 3.8) is 0 Å². The molecule has 12 nitrogen and oxygen atoms in total. The molecule has 0 spiro atoms. The van der Waals surface area contributed by atoms with Crippen LogP contribution in [0.1, 0.15) is 33.7 Å². The van der Waals surface area contributed by atoms with Gasteiger partial charge in [0, 0.05) is 16.8 Å². The summed E-state index contributed by atoms with van der Waals surface area (Å²) in [6, 6.07) is 6.65. The molecule has 2 unspecified atom stereocenters. The van der Waals surface area contributed by atoms with Crippen molar-refractivity contribution >= 4 is 55.4 Å². The van der Waals surface area contributed by atoms with Gasteiger partial charge in [-0.15, -0.1) is 0 Å². The molecule has 0 bridgehead atoms. The number of anilines is 3. The zero-order valence-electron chi connectivity index (χ0n) is 19.7. The molecule has 0 saturated heterocycles. The lowest BCUT2D eigenvalue weighted by Crippen LogP contribution is -2.31. The van der Waals surface area contributed by atoms with Crippen LogP contribution in [0.2, 0.25) is 5.02 Å². The van der Waals surface area contributed by atoms with Crippen LogP contribution in [0.5, 0.6) is 0 Å². The van der Waals surface area contributed by atoms with Gasteiger partial charge in [-0.3, -0.25) is 9.13 Å². The van der Waals surface area contributed by atoms with Crippen LogP contribution in [-0.4, -0.2) is 52.8 Å². The number of imidazole rings is 1. The van der Waals surface area contributed by atoms with Gasteiger partial charge in [-0.2, -0.15) is 9.97 Å². The molecule has 35 heavy (non-hydrogen) atoms. The fourth-order valence-electron chi connectivity index (χ4n) is 3.19. The first-order valence-corrected chi connectivity index (χ1v) is 14.7. The van der Waals surface area contributed by atoms with Crippen molar-refractivity contribution in [2.75, 3.05) is 23.1 Å². The summed E-state index contributed by atoms with van der Waals surface area (Å²) in [5.74, 6) is -0.718. The molecule has 0 saturated carbocycles. The van der Waals surface area contributed by atoms with E-state index in [0.717, 1.165) is 0 Å². The summed E-state index contributed by atoms with van der Waals surface area (Å²) in [4.78, 5) is 41.5. The van der Waals surface area contributed by atoms with E-state index in [1.54, 1.807) is 24.5 Å². The quantitative estimate of drug-likeness (QED) is 0.213. The highest BCUT2D eigenvalue weighted by Gasteiger charge is 2.32. The zero-order chi connectivity index (χ0) is 26.0. The lowest BCUT2D eigenvalue weighted by atomic mass is 10.1. The van der Waals surface area contributed by atoms with Crippen molar-refractivity contribution in [1.82, 2.24) is 19.5 Å². The lowest BCUT2D eigenvalue weighted by molar-refractivity contribution is 0.232. The van der Waals surface area contributed by atoms with Crippen molar-refractivity contribution in [3.8, 4) is 0 Å². The first-order chi connectivity index (χ1) is 16.2. The lowest BCUT2D eigenvalue weighted by Gasteiger charge is -2.24. The van der Waals surface area contributed by atoms with Gasteiger partial charge in [0.2, 0.25) is 5.95 Å². The first kappa shape index (κ1) is 27.5. The van der Waals surface area contributed by atoms with Crippen molar-refractivity contribution in [1.29, 1.82) is 0 Å². The van der Waals surface area contributed by atoms with E-state index in [1.807, 2.05) is 38.3 Å². The Hall–Kier alpha value is -2.04. The van der Waals surface area contributed by atoms with Crippen molar-refractivity contribution in [2.45, 2.75) is 39.8 Å². The maximum atomic E-state index is 12.1. The Bertz CT molecular complexity index is 1280. The van der Waals surface area contributed by atoms with Crippen LogP contribution in [0, 0.1) is 5.92 Å². The van der Waals surface area contributed by atoms with E-state index in [2.05, 4.69) is 25.6 Å². The summed E-state index contributed by atoms with van der Waals surface area (Å²) < 4.78 is 30.1. The van der Waals surface area contributed by atoms with Gasteiger partial charge >= 0.3 is 15.2 Å². The molecule has 2 atom stereocenters. The minimum absolute atomic E-state index is 0.0684. The average Bonchev–Trinajstić information content (AvgIpc) is 3.13. The van der Waals surface area contributed by atoms with E-state index in [9.17, 15) is 14.0 Å². The largest absolute Gasteiger partial charge is 0.349 e. The average molecular weight is 547 g/mol. The van der Waals surface area contributed by atoms with E-state index < -0.39 is 27.1 Å². The summed E-state index contributed by atoms with van der Waals surface area (Å²) in [6.45, 7) is 7.39. The number of benzene rings is 1. The van der Waals surface area contributed by atoms with Crippen LogP contribution in [0.4, 0.5) is 17.5 Å². The van der Waals surface area contributed by atoms with Gasteiger partial charge in [0.1, 0.15) is 0 Å². The van der Waals surface area contributed by atoms with Crippen molar-refractivity contribution in [3.05, 3.63) is 35.6 Å². The molecule has 3 rings (SSSR count). The normalized spacial score (nSPS) is 14.9. The predicted octanol–water partition coefficient (Wildman–Crippen LogP) is 4.58. The van der Waals surface area contributed by atoms with E-state index in [-0.39, 0.29) is 24.5 Å². The predicted molar refractivity (Wildman–Crippen MR) is 135 cm³/mol. The maximum Gasteiger partial charge on any atom is 0.340 e. The molecule has 0 aliphatic carbocycles. The number of nitrogens with zero attached hydrogens (tertiary/aromatic N) is 4. The number of rotatable bonds is 11. The number of halogens is 1. The highest BCUT2D eigenvalue weighted by Crippen LogP contribution is 2.55. The van der Waals surface area contributed by atoms with Crippen LogP contribution in [-0.2, 0) is 13.7 Å². The third-order valence-corrected chi connectivity index (χ3v) is 8.69. The highest BCUT2D eigenvalue weighted by molar-refractivity contribution is 7.70. The van der Waals surface area contributed by atoms with Gasteiger partial charge in [0.15, 0.2) is 22.9 Å². The second-order valence-corrected chi connectivity index (χ2v) is 13.1. The Morgan fingerprint density at radius 1 is 1.14 bits per heavy atom. The van der Waals surface area contributed by atoms with Gasteiger partial charge < -0.3 is 34.4 Å². The Morgan fingerprint density at radius 2 is 1.86 bits per heavy atom. The highest BCUT2D eigenvalue weighted by atomic mass is 35.5. The SMILES string of the molecule is CC(C)C(COP(=O)(O)CP(=O)(O)O)Nc1nc(Nc2cccc(Cl)c2)c2ncn(C(C)C)c2n1. The monoisotopic (exact) mass is 546 g/mol. The second-order valence-electron chi connectivity index (χ2n) is 8.68. The van der Waals surface area contributed by atoms with Crippen LogP contribution in [0.15, 0.2) is 30.6 Å². The molecule has 0 aliphatic heterocycles. The summed E-state index contributed by atoms with van der Waals surface area (Å²) in [5.41, 5.74) is 1.81. The first-order valence-electron chi connectivity index (χ1n) is 10.8. The number of aromatic nitrogens is 4. The molecule has 0 fully saturated rings. The van der Waals surface area contributed by atoms with E-state index >= 15 is 0 Å². The van der Waals surface area contributed by atoms with Gasteiger partial charge in [-0.1, -0.05) is 31.5 Å². The van der Waals surface area contributed by atoms with Crippen LogP contribution < -0.4 is 10.6 Å². The summed E-state index contributed by atoms with van der Waals surface area (Å²) in [5, 5.41) is 6.88. The molecule has 192 valence electrons. The van der Waals surface area contributed by atoms with Gasteiger partial charge in [0.25, 0.3) is 0 Å². The number of nitrogens with one attached hydrogen (secondary N) is 2. The maximum absolute atomic E-state index is 12.1. The molecule has 5 N–H and O–H groups in total. The fraction of sp³-hybridized carbons (Fsp3) is 0.450. The molecule has 15 heteroatoms. The third kappa shape index (κ3) is 7.72. The van der Waals surface area contributed by atoms with E-state index in [1.165, 1.54) is 0 Å². The molecule has 3 aromatic rings. The van der Waals surface area contributed by atoms with Crippen LogP contribution in [0.3, 0.4) is 0 Å².